The second kappa shape index (κ2) is 6.64. The highest BCUT2D eigenvalue weighted by Crippen LogP contribution is 2.31. The lowest BCUT2D eigenvalue weighted by atomic mass is 9.87. The van der Waals surface area contributed by atoms with Gasteiger partial charge in [0.15, 0.2) is 0 Å². The number of hydrogen-bond donors (Lipinski definition) is 1. The summed E-state index contributed by atoms with van der Waals surface area (Å²) in [6.45, 7) is 0. The van der Waals surface area contributed by atoms with Crippen LogP contribution in [0.1, 0.15) is 38.0 Å². The van der Waals surface area contributed by atoms with Crippen molar-refractivity contribution in [3.63, 3.8) is 0 Å². The summed E-state index contributed by atoms with van der Waals surface area (Å²) in [4.78, 5) is 7.73. The highest BCUT2D eigenvalue weighted by atomic mass is 16.4. The van der Waals surface area contributed by atoms with Crippen LogP contribution in [-0.2, 0) is 13.5 Å². The van der Waals surface area contributed by atoms with E-state index in [1.807, 2.05) is 31.8 Å². The van der Waals surface area contributed by atoms with Gasteiger partial charge in [0.1, 0.15) is 5.65 Å². The number of hydrogen-bond acceptors (Lipinski definition) is 5. The van der Waals surface area contributed by atoms with Crippen LogP contribution in [0.4, 0.5) is 0 Å². The molecule has 1 N–H and O–H groups in total. The molecule has 0 spiro atoms. The topological polar surface area (TPSA) is 85.4 Å². The predicted octanol–water partition coefficient (Wildman–Crippen LogP) is 4.14. The van der Waals surface area contributed by atoms with Crippen molar-refractivity contribution < 1.29 is 4.42 Å². The number of nitrogens with one attached hydrogen (secondary N) is 1. The van der Waals surface area contributed by atoms with Crippen molar-refractivity contribution in [3.05, 3.63) is 36.7 Å². The minimum absolute atomic E-state index is 0.553. The van der Waals surface area contributed by atoms with Gasteiger partial charge < -0.3 is 9.40 Å². The summed E-state index contributed by atoms with van der Waals surface area (Å²) < 4.78 is 7.79. The third-order valence-corrected chi connectivity index (χ3v) is 5.45. The molecule has 0 bridgehead atoms. The first-order chi connectivity index (χ1) is 13.3. The van der Waals surface area contributed by atoms with Crippen LogP contribution < -0.4 is 0 Å². The van der Waals surface area contributed by atoms with Crippen molar-refractivity contribution in [1.82, 2.24) is 29.9 Å². The molecule has 4 aromatic rings. The normalized spacial score (nSPS) is 15.6. The summed E-state index contributed by atoms with van der Waals surface area (Å²) in [5.41, 5.74) is 3.75. The molecule has 0 aromatic carbocycles. The van der Waals surface area contributed by atoms with Crippen LogP contribution in [0.3, 0.4) is 0 Å². The SMILES string of the molecule is Cn1cc(-c2cnc3[nH]cc(-c4nnc(CC5CCCCC5)o4)c3c2)cn1. The lowest BCUT2D eigenvalue weighted by Crippen LogP contribution is -2.09. The zero-order chi connectivity index (χ0) is 18.2. The number of nitrogens with zero attached hydrogens (tertiary/aromatic N) is 5. The Morgan fingerprint density at radius 3 is 2.85 bits per heavy atom. The Labute approximate surface area is 156 Å². The summed E-state index contributed by atoms with van der Waals surface area (Å²) in [6.07, 6.45) is 15.0. The molecule has 1 aliphatic rings. The Bertz CT molecular complexity index is 1070. The Kier molecular flexibility index (Phi) is 3.99. The van der Waals surface area contributed by atoms with Gasteiger partial charge in [-0.3, -0.25) is 4.68 Å². The standard InChI is InChI=1S/C20H22N6O/c1-26-12-15(10-23-26)14-8-16-17(11-22-19(16)21-9-14)20-25-24-18(27-20)7-13-5-3-2-4-6-13/h8-13H,2-7H2,1H3,(H,21,22). The van der Waals surface area contributed by atoms with Crippen molar-refractivity contribution in [2.75, 3.05) is 0 Å². The van der Waals surface area contributed by atoms with Gasteiger partial charge in [-0.25, -0.2) is 4.98 Å². The molecule has 7 nitrogen and oxygen atoms in total. The molecule has 0 radical (unpaired) electrons. The van der Waals surface area contributed by atoms with Gasteiger partial charge in [0.05, 0.1) is 11.8 Å². The van der Waals surface area contributed by atoms with Gasteiger partial charge in [-0.1, -0.05) is 19.3 Å². The van der Waals surface area contributed by atoms with E-state index in [0.29, 0.717) is 11.8 Å². The summed E-state index contributed by atoms with van der Waals surface area (Å²) in [5.74, 6) is 1.97. The molecule has 0 saturated heterocycles. The van der Waals surface area contributed by atoms with E-state index < -0.39 is 0 Å². The zero-order valence-corrected chi connectivity index (χ0v) is 15.4. The molecule has 0 atom stereocenters. The van der Waals surface area contributed by atoms with Crippen LogP contribution in [0.5, 0.6) is 0 Å². The van der Waals surface area contributed by atoms with E-state index in [0.717, 1.165) is 40.0 Å². The quantitative estimate of drug-likeness (QED) is 0.590. The van der Waals surface area contributed by atoms with Crippen molar-refractivity contribution in [3.8, 4) is 22.6 Å². The zero-order valence-electron chi connectivity index (χ0n) is 15.4. The molecule has 0 amide bonds. The monoisotopic (exact) mass is 362 g/mol. The molecule has 5 rings (SSSR count). The van der Waals surface area contributed by atoms with Crippen molar-refractivity contribution in [1.29, 1.82) is 0 Å². The van der Waals surface area contributed by atoms with Crippen molar-refractivity contribution >= 4 is 11.0 Å². The van der Waals surface area contributed by atoms with Crippen LogP contribution in [0.25, 0.3) is 33.6 Å². The fourth-order valence-electron chi connectivity index (χ4n) is 3.99. The molecule has 4 aromatic heterocycles. The molecule has 0 unspecified atom stereocenters. The van der Waals surface area contributed by atoms with Crippen LogP contribution in [0.2, 0.25) is 0 Å². The number of rotatable bonds is 4. The first-order valence-electron chi connectivity index (χ1n) is 9.55. The molecule has 138 valence electrons. The number of pyridine rings is 1. The minimum atomic E-state index is 0.553. The van der Waals surface area contributed by atoms with Gasteiger partial charge >= 0.3 is 0 Å². The van der Waals surface area contributed by atoms with Crippen LogP contribution in [0, 0.1) is 5.92 Å². The number of aromatic amines is 1. The van der Waals surface area contributed by atoms with Crippen molar-refractivity contribution in [2.45, 2.75) is 38.5 Å². The summed E-state index contributed by atoms with van der Waals surface area (Å²) in [7, 11) is 1.91. The molecule has 7 heteroatoms. The van der Waals surface area contributed by atoms with Gasteiger partial charge in [-0.15, -0.1) is 10.2 Å². The van der Waals surface area contributed by atoms with Gasteiger partial charge in [-0.05, 0) is 24.8 Å². The fraction of sp³-hybridized carbons (Fsp3) is 0.400. The molecule has 1 saturated carbocycles. The maximum absolute atomic E-state index is 6.00. The first kappa shape index (κ1) is 16.2. The average Bonchev–Trinajstić information content (AvgIpc) is 3.41. The smallest absolute Gasteiger partial charge is 0.249 e. The molecular formula is C20H22N6O. The average molecular weight is 362 g/mol. The molecule has 27 heavy (non-hydrogen) atoms. The molecule has 1 aliphatic carbocycles. The van der Waals surface area contributed by atoms with Gasteiger partial charge in [0.2, 0.25) is 11.8 Å². The molecule has 1 fully saturated rings. The van der Waals surface area contributed by atoms with E-state index in [1.54, 1.807) is 4.68 Å². The van der Waals surface area contributed by atoms with Crippen LogP contribution >= 0.6 is 0 Å². The van der Waals surface area contributed by atoms with E-state index in [9.17, 15) is 0 Å². The minimum Gasteiger partial charge on any atom is -0.421 e. The summed E-state index contributed by atoms with van der Waals surface area (Å²) in [6, 6.07) is 2.09. The highest BCUT2D eigenvalue weighted by molar-refractivity contribution is 5.93. The van der Waals surface area contributed by atoms with Crippen molar-refractivity contribution in [2.24, 2.45) is 13.0 Å². The molecule has 0 aliphatic heterocycles. The van der Waals surface area contributed by atoms with E-state index in [2.05, 4.69) is 31.3 Å². The summed E-state index contributed by atoms with van der Waals surface area (Å²) >= 11 is 0. The Morgan fingerprint density at radius 1 is 1.15 bits per heavy atom. The Hall–Kier alpha value is -2.96. The first-order valence-corrected chi connectivity index (χ1v) is 9.55. The second-order valence-corrected chi connectivity index (χ2v) is 7.43. The third kappa shape index (κ3) is 3.13. The molecular weight excluding hydrogens is 340 g/mol. The van der Waals surface area contributed by atoms with Crippen LogP contribution in [-0.4, -0.2) is 29.9 Å². The lowest BCUT2D eigenvalue weighted by molar-refractivity contribution is 0.330. The highest BCUT2D eigenvalue weighted by Gasteiger charge is 2.19. The Morgan fingerprint density at radius 2 is 2.04 bits per heavy atom. The lowest BCUT2D eigenvalue weighted by Gasteiger charge is -2.19. The maximum Gasteiger partial charge on any atom is 0.249 e. The van der Waals surface area contributed by atoms with Gasteiger partial charge in [0.25, 0.3) is 0 Å². The summed E-state index contributed by atoms with van der Waals surface area (Å²) in [5, 5.41) is 13.8. The third-order valence-electron chi connectivity index (χ3n) is 5.45. The predicted molar refractivity (Wildman–Crippen MR) is 102 cm³/mol. The fourth-order valence-corrected chi connectivity index (χ4v) is 3.99. The van der Waals surface area contributed by atoms with Gasteiger partial charge in [0, 0.05) is 48.6 Å². The van der Waals surface area contributed by atoms with E-state index in [1.165, 1.54) is 32.1 Å². The number of aromatic nitrogens is 6. The van der Waals surface area contributed by atoms with Crippen LogP contribution in [0.15, 0.2) is 35.3 Å². The van der Waals surface area contributed by atoms with E-state index in [4.69, 9.17) is 4.42 Å². The molecule has 4 heterocycles. The largest absolute Gasteiger partial charge is 0.421 e. The second-order valence-electron chi connectivity index (χ2n) is 7.43. The van der Waals surface area contributed by atoms with E-state index >= 15 is 0 Å². The number of aryl methyl sites for hydroxylation is 1. The number of fused-ring (bicyclic) bond motifs is 1. The van der Waals surface area contributed by atoms with E-state index in [-0.39, 0.29) is 0 Å². The number of H-pyrrole nitrogens is 1. The Balaban J connectivity index is 1.46. The maximum atomic E-state index is 6.00. The van der Waals surface area contributed by atoms with Gasteiger partial charge in [-0.2, -0.15) is 5.10 Å².